The van der Waals surface area contributed by atoms with Gasteiger partial charge >= 0.3 is 11.6 Å². The normalized spacial score (nSPS) is 19.9. The summed E-state index contributed by atoms with van der Waals surface area (Å²) in [4.78, 5) is 23.9. The molecular formula is C19H22O8. The van der Waals surface area contributed by atoms with Gasteiger partial charge in [0.1, 0.15) is 17.3 Å². The van der Waals surface area contributed by atoms with Crippen molar-refractivity contribution in [1.82, 2.24) is 0 Å². The Hall–Kier alpha value is -2.58. The van der Waals surface area contributed by atoms with Crippen LogP contribution in [0, 0.1) is 0 Å². The van der Waals surface area contributed by atoms with Gasteiger partial charge < -0.3 is 29.2 Å². The first-order chi connectivity index (χ1) is 12.4. The lowest BCUT2D eigenvalue weighted by Gasteiger charge is -2.34. The highest BCUT2D eigenvalue weighted by Gasteiger charge is 2.46. The number of hydrogen-bond acceptors (Lipinski definition) is 8. The number of carbonyl (C=O) groups excluding carboxylic acids is 1. The number of aliphatic hydroxyl groups excluding tert-OH is 1. The van der Waals surface area contributed by atoms with Crippen LogP contribution < -0.4 is 10.4 Å². The predicted molar refractivity (Wildman–Crippen MR) is 94.7 cm³/mol. The number of aromatic hydroxyl groups is 1. The Morgan fingerprint density at radius 1 is 1.33 bits per heavy atom. The van der Waals surface area contributed by atoms with Crippen molar-refractivity contribution in [2.45, 2.75) is 57.5 Å². The Bertz CT molecular complexity index is 954. The highest BCUT2D eigenvalue weighted by atomic mass is 16.6. The minimum atomic E-state index is -2.08. The van der Waals surface area contributed by atoms with E-state index in [0.29, 0.717) is 16.5 Å². The summed E-state index contributed by atoms with van der Waals surface area (Å²) in [6.07, 6.45) is -1.82. The molecule has 0 aliphatic carbocycles. The van der Waals surface area contributed by atoms with Crippen LogP contribution >= 0.6 is 0 Å². The molecule has 0 saturated heterocycles. The molecule has 0 spiro atoms. The second kappa shape index (κ2) is 6.24. The average molecular weight is 378 g/mol. The van der Waals surface area contributed by atoms with E-state index < -0.39 is 35.0 Å². The predicted octanol–water partition coefficient (Wildman–Crippen LogP) is 1.26. The van der Waals surface area contributed by atoms with Crippen molar-refractivity contribution in [2.24, 2.45) is 0 Å². The maximum Gasteiger partial charge on any atom is 0.341 e. The Kier molecular flexibility index (Phi) is 4.44. The number of ether oxygens (including phenoxy) is 2. The zero-order valence-electron chi connectivity index (χ0n) is 15.5. The van der Waals surface area contributed by atoms with E-state index in [4.69, 9.17) is 13.9 Å². The van der Waals surface area contributed by atoms with Gasteiger partial charge in [-0.25, -0.2) is 9.59 Å². The van der Waals surface area contributed by atoms with Gasteiger partial charge in [-0.15, -0.1) is 0 Å². The molecule has 0 amide bonds. The van der Waals surface area contributed by atoms with Gasteiger partial charge in [0.25, 0.3) is 0 Å². The van der Waals surface area contributed by atoms with Crippen molar-refractivity contribution in [1.29, 1.82) is 0 Å². The van der Waals surface area contributed by atoms with Gasteiger partial charge in [0.2, 0.25) is 0 Å². The fourth-order valence-electron chi connectivity index (χ4n) is 2.90. The molecule has 8 nitrogen and oxygen atoms in total. The summed E-state index contributed by atoms with van der Waals surface area (Å²) in [5.41, 5.74) is -3.01. The summed E-state index contributed by atoms with van der Waals surface area (Å²) in [5, 5.41) is 30.5. The van der Waals surface area contributed by atoms with Crippen LogP contribution in [0.15, 0.2) is 27.4 Å². The van der Waals surface area contributed by atoms with Crippen LogP contribution in [0.2, 0.25) is 0 Å². The Balaban J connectivity index is 1.92. The third-order valence-corrected chi connectivity index (χ3v) is 4.94. The molecule has 1 aromatic heterocycles. The second-order valence-corrected chi connectivity index (χ2v) is 7.50. The van der Waals surface area contributed by atoms with Gasteiger partial charge in [-0.3, -0.25) is 0 Å². The summed E-state index contributed by atoms with van der Waals surface area (Å²) in [6, 6.07) is 4.22. The first kappa shape index (κ1) is 19.2. The number of fused-ring (bicyclic) bond motifs is 3. The first-order valence-corrected chi connectivity index (χ1v) is 8.52. The van der Waals surface area contributed by atoms with Gasteiger partial charge in [-0.05, 0) is 39.8 Å². The molecule has 1 aliphatic heterocycles. The second-order valence-electron chi connectivity index (χ2n) is 7.50. The lowest BCUT2D eigenvalue weighted by atomic mass is 9.94. The molecule has 27 heavy (non-hydrogen) atoms. The third-order valence-electron chi connectivity index (χ3n) is 4.94. The van der Waals surface area contributed by atoms with Crippen molar-refractivity contribution in [3.63, 3.8) is 0 Å². The van der Waals surface area contributed by atoms with E-state index in [1.54, 1.807) is 19.9 Å². The van der Waals surface area contributed by atoms with Crippen molar-refractivity contribution in [3.8, 4) is 11.5 Å². The molecule has 0 radical (unpaired) electrons. The minimum absolute atomic E-state index is 0.119. The Morgan fingerprint density at radius 3 is 2.63 bits per heavy atom. The quantitative estimate of drug-likeness (QED) is 0.536. The van der Waals surface area contributed by atoms with Crippen molar-refractivity contribution < 1.29 is 34.0 Å². The Morgan fingerprint density at radius 2 is 2.00 bits per heavy atom. The molecule has 1 aromatic carbocycles. The van der Waals surface area contributed by atoms with Crippen LogP contribution in [-0.2, 0) is 16.0 Å². The zero-order chi connectivity index (χ0) is 20.1. The maximum atomic E-state index is 12.3. The molecule has 3 N–H and O–H groups in total. The lowest BCUT2D eigenvalue weighted by molar-refractivity contribution is -0.193. The molecule has 146 valence electrons. The van der Waals surface area contributed by atoms with Crippen LogP contribution in [0.3, 0.4) is 0 Å². The molecule has 2 aromatic rings. The molecule has 1 aliphatic rings. The molecule has 8 heteroatoms. The fraction of sp³-hybridized carbons (Fsp3) is 0.474. The molecule has 0 saturated carbocycles. The maximum absolute atomic E-state index is 12.3. The summed E-state index contributed by atoms with van der Waals surface area (Å²) < 4.78 is 16.5. The highest BCUT2D eigenvalue weighted by molar-refractivity contribution is 5.85. The number of benzene rings is 1. The third kappa shape index (κ3) is 3.26. The van der Waals surface area contributed by atoms with Crippen molar-refractivity contribution in [2.75, 3.05) is 0 Å². The number of rotatable bonds is 4. The highest BCUT2D eigenvalue weighted by Crippen LogP contribution is 2.44. The number of esters is 1. The summed E-state index contributed by atoms with van der Waals surface area (Å²) in [5.74, 6) is -0.956. The largest absolute Gasteiger partial charge is 0.504 e. The topological polar surface area (TPSA) is 126 Å². The SMILES string of the molecule is C[C@@H](O)[C@@](C)(O)C(=O)OC(C)(C)[C@@H]1Cc2c(c(O)cc3ccc(=O)oc23)O1. The molecule has 0 fully saturated rings. The number of phenolic OH excluding ortho intramolecular Hbond substituents is 1. The van der Waals surface area contributed by atoms with Crippen LogP contribution in [0.5, 0.6) is 11.5 Å². The molecule has 0 bridgehead atoms. The van der Waals surface area contributed by atoms with Gasteiger partial charge in [-0.2, -0.15) is 0 Å². The average Bonchev–Trinajstić information content (AvgIpc) is 3.02. The number of carbonyl (C=O) groups is 1. The van der Waals surface area contributed by atoms with Gasteiger partial charge in [0, 0.05) is 23.4 Å². The lowest BCUT2D eigenvalue weighted by Crippen LogP contribution is -2.52. The first-order valence-electron chi connectivity index (χ1n) is 8.52. The standard InChI is InChI=1S/C19H22O8/c1-9(20)19(4,24)17(23)27-18(2,3)13-8-11-15-10(5-6-14(22)26-15)7-12(21)16(11)25-13/h5-7,9,13,20-21,24H,8H2,1-4H3/t9-,13+,19-/m1/s1. The van der Waals surface area contributed by atoms with E-state index in [-0.39, 0.29) is 17.9 Å². The van der Waals surface area contributed by atoms with Crippen LogP contribution in [0.1, 0.15) is 33.3 Å². The summed E-state index contributed by atoms with van der Waals surface area (Å²) in [6.45, 7) is 5.63. The number of hydrogen-bond donors (Lipinski definition) is 3. The van der Waals surface area contributed by atoms with Gasteiger partial charge in [0.15, 0.2) is 17.1 Å². The number of aliphatic hydroxyl groups is 2. The minimum Gasteiger partial charge on any atom is -0.504 e. The fourth-order valence-corrected chi connectivity index (χ4v) is 2.90. The van der Waals surface area contributed by atoms with Gasteiger partial charge in [-0.1, -0.05) is 0 Å². The smallest absolute Gasteiger partial charge is 0.341 e. The number of phenols is 1. The van der Waals surface area contributed by atoms with Crippen LogP contribution in [0.25, 0.3) is 11.0 Å². The molecular weight excluding hydrogens is 356 g/mol. The molecule has 0 unspecified atom stereocenters. The van der Waals surface area contributed by atoms with E-state index >= 15 is 0 Å². The van der Waals surface area contributed by atoms with Crippen molar-refractivity contribution in [3.05, 3.63) is 34.2 Å². The van der Waals surface area contributed by atoms with Crippen molar-refractivity contribution >= 4 is 16.9 Å². The zero-order valence-corrected chi connectivity index (χ0v) is 15.5. The molecule has 3 atom stereocenters. The summed E-state index contributed by atoms with van der Waals surface area (Å²) >= 11 is 0. The van der Waals surface area contributed by atoms with E-state index in [1.807, 2.05) is 0 Å². The van der Waals surface area contributed by atoms with Crippen LogP contribution in [-0.4, -0.2) is 44.7 Å². The van der Waals surface area contributed by atoms with Crippen LogP contribution in [0.4, 0.5) is 0 Å². The van der Waals surface area contributed by atoms with E-state index in [0.717, 1.165) is 6.92 Å². The van der Waals surface area contributed by atoms with E-state index in [9.17, 15) is 24.9 Å². The van der Waals surface area contributed by atoms with E-state index in [1.165, 1.54) is 19.1 Å². The Labute approximate surface area is 154 Å². The molecule has 3 rings (SSSR count). The summed E-state index contributed by atoms with van der Waals surface area (Å²) in [7, 11) is 0. The monoisotopic (exact) mass is 378 g/mol. The molecule has 2 heterocycles. The van der Waals surface area contributed by atoms with E-state index in [2.05, 4.69) is 0 Å². The van der Waals surface area contributed by atoms with Gasteiger partial charge in [0.05, 0.1) is 6.10 Å².